The number of halogens is 4. The van der Waals surface area contributed by atoms with Crippen LogP contribution in [0.1, 0.15) is 11.1 Å². The van der Waals surface area contributed by atoms with Crippen molar-refractivity contribution >= 4 is 11.6 Å². The first kappa shape index (κ1) is 16.4. The molecule has 0 atom stereocenters. The minimum Gasteiger partial charge on any atom is -0.507 e. The Morgan fingerprint density at radius 2 is 1.79 bits per heavy atom. The number of nitrogens with zero attached hydrogens (tertiary/aromatic N) is 1. The van der Waals surface area contributed by atoms with Gasteiger partial charge in [0.05, 0.1) is 17.0 Å². The van der Waals surface area contributed by atoms with E-state index < -0.39 is 11.7 Å². The van der Waals surface area contributed by atoms with Crippen LogP contribution in [-0.2, 0) is 6.18 Å². The van der Waals surface area contributed by atoms with Crippen LogP contribution in [0, 0.1) is 6.92 Å². The van der Waals surface area contributed by atoms with Crippen molar-refractivity contribution in [3.63, 3.8) is 0 Å². The molecule has 0 bridgehead atoms. The lowest BCUT2D eigenvalue weighted by Crippen LogP contribution is -2.07. The van der Waals surface area contributed by atoms with Gasteiger partial charge in [-0.2, -0.15) is 18.3 Å². The van der Waals surface area contributed by atoms with E-state index in [0.717, 1.165) is 11.6 Å². The van der Waals surface area contributed by atoms with Crippen LogP contribution < -0.4 is 0 Å². The van der Waals surface area contributed by atoms with E-state index in [9.17, 15) is 18.3 Å². The van der Waals surface area contributed by atoms with Crippen LogP contribution in [0.25, 0.3) is 22.5 Å². The fourth-order valence-electron chi connectivity index (χ4n) is 2.44. The molecule has 1 aromatic heterocycles. The van der Waals surface area contributed by atoms with Crippen LogP contribution in [0.2, 0.25) is 5.02 Å². The second kappa shape index (κ2) is 5.87. The Bertz CT molecular complexity index is 903. The summed E-state index contributed by atoms with van der Waals surface area (Å²) in [6.07, 6.45) is -4.52. The summed E-state index contributed by atoms with van der Waals surface area (Å²) in [5, 5.41) is 16.7. The van der Waals surface area contributed by atoms with Gasteiger partial charge in [-0.25, -0.2) is 0 Å². The van der Waals surface area contributed by atoms with Gasteiger partial charge in [0, 0.05) is 16.1 Å². The van der Waals surface area contributed by atoms with Gasteiger partial charge in [0.2, 0.25) is 0 Å². The number of aromatic amines is 1. The van der Waals surface area contributed by atoms with Crippen molar-refractivity contribution in [2.45, 2.75) is 13.1 Å². The number of benzene rings is 2. The topological polar surface area (TPSA) is 48.9 Å². The van der Waals surface area contributed by atoms with Crippen molar-refractivity contribution in [2.24, 2.45) is 0 Å². The molecule has 0 spiro atoms. The molecule has 3 rings (SSSR count). The molecule has 2 aromatic carbocycles. The summed E-state index contributed by atoms with van der Waals surface area (Å²) in [6, 6.07) is 9.76. The van der Waals surface area contributed by atoms with E-state index in [2.05, 4.69) is 10.2 Å². The second-order valence-electron chi connectivity index (χ2n) is 5.38. The Labute approximate surface area is 140 Å². The number of aromatic nitrogens is 2. The highest BCUT2D eigenvalue weighted by atomic mass is 35.5. The number of hydrogen-bond donors (Lipinski definition) is 2. The average Bonchev–Trinajstić information content (AvgIpc) is 2.98. The number of phenols is 1. The maximum atomic E-state index is 13.2. The molecule has 0 aliphatic heterocycles. The zero-order valence-electron chi connectivity index (χ0n) is 12.4. The molecule has 3 aromatic rings. The Balaban J connectivity index is 2.12. The van der Waals surface area contributed by atoms with Gasteiger partial charge in [-0.3, -0.25) is 5.10 Å². The van der Waals surface area contributed by atoms with Gasteiger partial charge in [0.1, 0.15) is 5.75 Å². The second-order valence-corrected chi connectivity index (χ2v) is 5.81. The molecular weight excluding hydrogens is 341 g/mol. The average molecular weight is 353 g/mol. The number of H-pyrrole nitrogens is 1. The Hall–Kier alpha value is -2.47. The Kier molecular flexibility index (Phi) is 4.01. The quantitative estimate of drug-likeness (QED) is 0.646. The molecule has 1 heterocycles. The van der Waals surface area contributed by atoms with Gasteiger partial charge in [-0.05, 0) is 43.3 Å². The summed E-state index contributed by atoms with van der Waals surface area (Å²) < 4.78 is 39.6. The van der Waals surface area contributed by atoms with Crippen LogP contribution in [0.4, 0.5) is 13.2 Å². The Morgan fingerprint density at radius 1 is 1.04 bits per heavy atom. The smallest absolute Gasteiger partial charge is 0.417 e. The molecule has 0 unspecified atom stereocenters. The number of hydrogen-bond acceptors (Lipinski definition) is 2. The molecule has 0 amide bonds. The lowest BCUT2D eigenvalue weighted by molar-refractivity contribution is -0.137. The van der Waals surface area contributed by atoms with Crippen molar-refractivity contribution in [3.05, 3.63) is 58.6 Å². The first-order chi connectivity index (χ1) is 11.3. The number of aryl methyl sites for hydroxylation is 1. The van der Waals surface area contributed by atoms with E-state index in [1.165, 1.54) is 24.3 Å². The summed E-state index contributed by atoms with van der Waals surface area (Å²) in [5.41, 5.74) is 0.935. The summed E-state index contributed by atoms with van der Waals surface area (Å²) in [6.45, 7) is 1.85. The van der Waals surface area contributed by atoms with Gasteiger partial charge in [0.15, 0.2) is 0 Å². The molecule has 24 heavy (non-hydrogen) atoms. The highest BCUT2D eigenvalue weighted by Gasteiger charge is 2.34. The first-order valence-corrected chi connectivity index (χ1v) is 7.36. The normalized spacial score (nSPS) is 11.7. The fraction of sp³-hybridized carbons (Fsp3) is 0.118. The van der Waals surface area contributed by atoms with Crippen LogP contribution in [0.3, 0.4) is 0 Å². The predicted octanol–water partition coefficient (Wildman–Crippen LogP) is 5.43. The molecule has 3 nitrogen and oxygen atoms in total. The first-order valence-electron chi connectivity index (χ1n) is 6.98. The molecular formula is C17H12ClF3N2O. The summed E-state index contributed by atoms with van der Waals surface area (Å²) in [5.74, 6) is 0.0120. The molecule has 0 radical (unpaired) electrons. The maximum Gasteiger partial charge on any atom is 0.417 e. The highest BCUT2D eigenvalue weighted by molar-refractivity contribution is 6.30. The van der Waals surface area contributed by atoms with Crippen molar-refractivity contribution < 1.29 is 18.3 Å². The van der Waals surface area contributed by atoms with E-state index in [-0.39, 0.29) is 22.0 Å². The number of nitrogens with one attached hydrogen (secondary N) is 1. The van der Waals surface area contributed by atoms with Gasteiger partial charge in [-0.1, -0.05) is 23.2 Å². The highest BCUT2D eigenvalue weighted by Crippen LogP contribution is 2.39. The Morgan fingerprint density at radius 3 is 2.50 bits per heavy atom. The number of alkyl halides is 3. The molecule has 0 aliphatic carbocycles. The van der Waals surface area contributed by atoms with Crippen molar-refractivity contribution in [1.29, 1.82) is 0 Å². The summed E-state index contributed by atoms with van der Waals surface area (Å²) >= 11 is 5.84. The van der Waals surface area contributed by atoms with Crippen molar-refractivity contribution in [2.75, 3.05) is 0 Å². The lowest BCUT2D eigenvalue weighted by atomic mass is 10.0. The number of phenolic OH excluding ortho intramolecular Hbond substituents is 1. The summed E-state index contributed by atoms with van der Waals surface area (Å²) in [4.78, 5) is 0. The van der Waals surface area contributed by atoms with Crippen LogP contribution in [-0.4, -0.2) is 15.3 Å². The van der Waals surface area contributed by atoms with E-state index in [0.29, 0.717) is 11.3 Å². The SMILES string of the molecule is Cc1ccc(O)c(-c2cc(-c3cc(Cl)ccc3C(F)(F)F)n[nH]2)c1. The van der Waals surface area contributed by atoms with Crippen LogP contribution in [0.15, 0.2) is 42.5 Å². The minimum atomic E-state index is -4.52. The minimum absolute atomic E-state index is 0.0120. The molecule has 124 valence electrons. The third kappa shape index (κ3) is 3.10. The van der Waals surface area contributed by atoms with Gasteiger partial charge >= 0.3 is 6.18 Å². The molecule has 0 fully saturated rings. The standard InChI is InChI=1S/C17H12ClF3N2O/c1-9-2-5-16(24)12(6-9)15-8-14(22-23-15)11-7-10(18)3-4-13(11)17(19,20)21/h2-8,24H,1H3,(H,22,23). The van der Waals surface area contributed by atoms with Crippen LogP contribution in [0.5, 0.6) is 5.75 Å². The molecule has 0 saturated carbocycles. The third-order valence-electron chi connectivity index (χ3n) is 3.58. The predicted molar refractivity (Wildman–Crippen MR) is 85.9 cm³/mol. The van der Waals surface area contributed by atoms with E-state index >= 15 is 0 Å². The molecule has 7 heteroatoms. The third-order valence-corrected chi connectivity index (χ3v) is 3.82. The monoisotopic (exact) mass is 352 g/mol. The molecule has 2 N–H and O–H groups in total. The summed E-state index contributed by atoms with van der Waals surface area (Å²) in [7, 11) is 0. The van der Waals surface area contributed by atoms with E-state index in [4.69, 9.17) is 11.6 Å². The van der Waals surface area contributed by atoms with E-state index in [1.807, 2.05) is 6.92 Å². The zero-order valence-corrected chi connectivity index (χ0v) is 13.2. The van der Waals surface area contributed by atoms with Gasteiger partial charge in [-0.15, -0.1) is 0 Å². The number of rotatable bonds is 2. The maximum absolute atomic E-state index is 13.2. The van der Waals surface area contributed by atoms with E-state index in [1.54, 1.807) is 12.1 Å². The molecule has 0 aliphatic rings. The zero-order chi connectivity index (χ0) is 17.5. The van der Waals surface area contributed by atoms with Crippen LogP contribution >= 0.6 is 11.6 Å². The number of aromatic hydroxyl groups is 1. The lowest BCUT2D eigenvalue weighted by Gasteiger charge is -2.11. The van der Waals surface area contributed by atoms with Gasteiger partial charge < -0.3 is 5.11 Å². The molecule has 0 saturated heterocycles. The van der Waals surface area contributed by atoms with Crippen molar-refractivity contribution in [3.8, 4) is 28.3 Å². The van der Waals surface area contributed by atoms with Gasteiger partial charge in [0.25, 0.3) is 0 Å². The van der Waals surface area contributed by atoms with Crippen molar-refractivity contribution in [1.82, 2.24) is 10.2 Å². The fourth-order valence-corrected chi connectivity index (χ4v) is 2.61. The largest absolute Gasteiger partial charge is 0.507 e.